The second-order valence-electron chi connectivity index (χ2n) is 21.7. The molecule has 0 radical (unpaired) electrons. The molecule has 0 saturated heterocycles. The molecular formula is C58H118N2O6P+. The smallest absolute Gasteiger partial charge is 0.387 e. The molecule has 400 valence electrons. The Morgan fingerprint density at radius 3 is 1.10 bits per heavy atom. The number of nitrogens with zero attached hydrogens (tertiary/aromatic N) is 1. The maximum Gasteiger partial charge on any atom is 0.472 e. The van der Waals surface area contributed by atoms with Crippen molar-refractivity contribution >= 4 is 13.7 Å². The van der Waals surface area contributed by atoms with E-state index in [1.807, 2.05) is 27.2 Å². The molecule has 8 nitrogen and oxygen atoms in total. The van der Waals surface area contributed by atoms with Crippen LogP contribution in [0.4, 0.5) is 0 Å². The topological polar surface area (TPSA) is 105 Å². The number of carbonyl (C=O) groups excluding carboxylic acids is 1. The Morgan fingerprint density at radius 1 is 0.493 bits per heavy atom. The molecule has 1 amide bonds. The number of rotatable bonds is 55. The molecule has 0 aliphatic carbocycles. The zero-order valence-electron chi connectivity index (χ0n) is 45.7. The normalized spacial score (nSPS) is 14.0. The lowest BCUT2D eigenvalue weighted by Crippen LogP contribution is -2.45. The van der Waals surface area contributed by atoms with Gasteiger partial charge in [-0.1, -0.05) is 289 Å². The summed E-state index contributed by atoms with van der Waals surface area (Å²) in [4.78, 5) is 23.2. The van der Waals surface area contributed by atoms with Gasteiger partial charge in [0.15, 0.2) is 0 Å². The molecule has 0 aromatic heterocycles. The van der Waals surface area contributed by atoms with Crippen LogP contribution in [0.1, 0.15) is 303 Å². The predicted molar refractivity (Wildman–Crippen MR) is 291 cm³/mol. The van der Waals surface area contributed by atoms with E-state index in [9.17, 15) is 19.4 Å². The summed E-state index contributed by atoms with van der Waals surface area (Å²) in [7, 11) is 1.59. The van der Waals surface area contributed by atoms with Crippen LogP contribution in [0.15, 0.2) is 12.2 Å². The summed E-state index contributed by atoms with van der Waals surface area (Å²) >= 11 is 0. The van der Waals surface area contributed by atoms with Crippen molar-refractivity contribution in [3.63, 3.8) is 0 Å². The van der Waals surface area contributed by atoms with E-state index in [-0.39, 0.29) is 19.1 Å². The Kier molecular flexibility index (Phi) is 49.6. The first-order chi connectivity index (χ1) is 32.5. The van der Waals surface area contributed by atoms with E-state index < -0.39 is 20.0 Å². The molecule has 3 unspecified atom stereocenters. The third-order valence-corrected chi connectivity index (χ3v) is 14.7. The van der Waals surface area contributed by atoms with Crippen LogP contribution in [-0.4, -0.2) is 73.4 Å². The van der Waals surface area contributed by atoms with Crippen LogP contribution in [-0.2, 0) is 18.4 Å². The van der Waals surface area contributed by atoms with E-state index in [0.29, 0.717) is 17.4 Å². The van der Waals surface area contributed by atoms with Gasteiger partial charge in [-0.15, -0.1) is 0 Å². The molecule has 0 saturated carbocycles. The number of nitrogens with one attached hydrogen (secondary N) is 1. The largest absolute Gasteiger partial charge is 0.472 e. The molecule has 0 fully saturated rings. The quantitative estimate of drug-likeness (QED) is 0.0243. The SMILES string of the molecule is CCCCCCCCCCCCCCCCCCCCCCCCCCCCCCCC/C=C/C(O)C(COP(=O)(O)OCC[N+](C)(C)C)NC(=O)CCCCCCCCCCCCCCC. The van der Waals surface area contributed by atoms with Crippen LogP contribution in [0.2, 0.25) is 0 Å². The predicted octanol–water partition coefficient (Wildman–Crippen LogP) is 17.8. The van der Waals surface area contributed by atoms with Crippen molar-refractivity contribution in [2.45, 2.75) is 315 Å². The number of hydrogen-bond acceptors (Lipinski definition) is 5. The number of phosphoric ester groups is 1. The Balaban J connectivity index is 4.02. The minimum atomic E-state index is -4.34. The number of carbonyl (C=O) groups is 1. The van der Waals surface area contributed by atoms with Crippen molar-refractivity contribution in [2.75, 3.05) is 40.9 Å². The van der Waals surface area contributed by atoms with Crippen molar-refractivity contribution in [2.24, 2.45) is 0 Å². The fourth-order valence-electron chi connectivity index (χ4n) is 9.10. The highest BCUT2D eigenvalue weighted by Crippen LogP contribution is 2.43. The number of allylic oxidation sites excluding steroid dienone is 1. The first-order valence-corrected chi connectivity index (χ1v) is 31.1. The molecule has 0 heterocycles. The summed E-state index contributed by atoms with van der Waals surface area (Å²) in [5, 5.41) is 13.9. The van der Waals surface area contributed by atoms with Gasteiger partial charge in [0.05, 0.1) is 39.9 Å². The molecule has 0 aliphatic heterocycles. The molecule has 0 rings (SSSR count). The Bertz CT molecular complexity index is 1100. The molecule has 3 atom stereocenters. The van der Waals surface area contributed by atoms with Crippen LogP contribution in [0.25, 0.3) is 0 Å². The monoisotopic (exact) mass is 970 g/mol. The third-order valence-electron chi connectivity index (χ3n) is 13.8. The minimum Gasteiger partial charge on any atom is -0.387 e. The number of aliphatic hydroxyl groups excluding tert-OH is 1. The molecule has 9 heteroatoms. The molecule has 0 aromatic rings. The number of aliphatic hydroxyl groups is 1. The summed E-state index contributed by atoms with van der Waals surface area (Å²) in [6, 6.07) is -0.841. The zero-order chi connectivity index (χ0) is 49.2. The fourth-order valence-corrected chi connectivity index (χ4v) is 9.84. The second-order valence-corrected chi connectivity index (χ2v) is 23.2. The van der Waals surface area contributed by atoms with E-state index >= 15 is 0 Å². The summed E-state index contributed by atoms with van der Waals surface area (Å²) in [6.07, 6.45) is 61.9. The Morgan fingerprint density at radius 2 is 0.791 bits per heavy atom. The van der Waals surface area contributed by atoms with Gasteiger partial charge in [0.2, 0.25) is 5.91 Å². The van der Waals surface area contributed by atoms with Crippen molar-refractivity contribution in [3.05, 3.63) is 12.2 Å². The number of likely N-dealkylation sites (N-methyl/N-ethyl adjacent to an activating group) is 1. The molecular weight excluding hydrogens is 852 g/mol. The van der Waals surface area contributed by atoms with Crippen LogP contribution < -0.4 is 5.32 Å². The lowest BCUT2D eigenvalue weighted by atomic mass is 10.0. The molecule has 67 heavy (non-hydrogen) atoms. The van der Waals surface area contributed by atoms with E-state index in [0.717, 1.165) is 32.1 Å². The lowest BCUT2D eigenvalue weighted by Gasteiger charge is -2.25. The van der Waals surface area contributed by atoms with Gasteiger partial charge < -0.3 is 19.8 Å². The van der Waals surface area contributed by atoms with Gasteiger partial charge in [-0.2, -0.15) is 0 Å². The first kappa shape index (κ1) is 66.2. The summed E-state index contributed by atoms with van der Waals surface area (Å²) < 4.78 is 23.7. The second kappa shape index (κ2) is 50.2. The summed E-state index contributed by atoms with van der Waals surface area (Å²) in [6.45, 7) is 4.85. The van der Waals surface area contributed by atoms with E-state index in [1.54, 1.807) is 6.08 Å². The average molecular weight is 971 g/mol. The van der Waals surface area contributed by atoms with Gasteiger partial charge in [-0.05, 0) is 19.3 Å². The zero-order valence-corrected chi connectivity index (χ0v) is 46.6. The van der Waals surface area contributed by atoms with Crippen molar-refractivity contribution in [1.82, 2.24) is 5.32 Å². The minimum absolute atomic E-state index is 0.0650. The van der Waals surface area contributed by atoms with Gasteiger partial charge >= 0.3 is 7.82 Å². The van der Waals surface area contributed by atoms with Crippen LogP contribution >= 0.6 is 7.82 Å². The number of unbranched alkanes of at least 4 members (excludes halogenated alkanes) is 42. The van der Waals surface area contributed by atoms with Gasteiger partial charge in [0, 0.05) is 6.42 Å². The number of amides is 1. The van der Waals surface area contributed by atoms with Crippen LogP contribution in [0.3, 0.4) is 0 Å². The van der Waals surface area contributed by atoms with E-state index in [1.165, 1.54) is 250 Å². The van der Waals surface area contributed by atoms with Crippen molar-refractivity contribution in [3.8, 4) is 0 Å². The maximum absolute atomic E-state index is 12.9. The highest BCUT2D eigenvalue weighted by atomic mass is 31.2. The molecule has 3 N–H and O–H groups in total. The highest BCUT2D eigenvalue weighted by Gasteiger charge is 2.27. The molecule has 0 bridgehead atoms. The first-order valence-electron chi connectivity index (χ1n) is 29.6. The summed E-state index contributed by atoms with van der Waals surface area (Å²) in [5.74, 6) is -0.172. The number of quaternary nitrogens is 1. The van der Waals surface area contributed by atoms with E-state index in [4.69, 9.17) is 9.05 Å². The van der Waals surface area contributed by atoms with Gasteiger partial charge in [0.1, 0.15) is 13.2 Å². The van der Waals surface area contributed by atoms with Crippen LogP contribution in [0.5, 0.6) is 0 Å². The lowest BCUT2D eigenvalue weighted by molar-refractivity contribution is -0.870. The standard InChI is InChI=1S/C58H117N2O6P/c1-6-8-10-12-14-16-18-20-21-22-23-24-25-26-27-28-29-30-31-32-33-34-35-36-37-38-40-41-43-45-47-49-51-57(61)56(55-66-67(63,64)65-54-53-60(3,4)5)59-58(62)52-50-48-46-44-42-39-19-17-15-13-11-9-7-2/h49,51,56-57,61H,6-48,50,52-55H2,1-5H3,(H-,59,62,63,64)/p+1/b51-49+. The van der Waals surface area contributed by atoms with Gasteiger partial charge in [-0.3, -0.25) is 13.8 Å². The summed E-state index contributed by atoms with van der Waals surface area (Å²) in [5.41, 5.74) is 0. The highest BCUT2D eigenvalue weighted by molar-refractivity contribution is 7.47. The number of phosphoric acid groups is 1. The number of hydrogen-bond donors (Lipinski definition) is 3. The molecule has 0 aromatic carbocycles. The Labute approximate surface area is 418 Å². The third kappa shape index (κ3) is 52.9. The van der Waals surface area contributed by atoms with Gasteiger partial charge in [0.25, 0.3) is 0 Å². The fraction of sp³-hybridized carbons (Fsp3) is 0.948. The Hall–Kier alpha value is -0.760. The van der Waals surface area contributed by atoms with Crippen LogP contribution in [0, 0.1) is 0 Å². The van der Waals surface area contributed by atoms with Crippen molar-refractivity contribution in [1.29, 1.82) is 0 Å². The molecule has 0 spiro atoms. The molecule has 0 aliphatic rings. The maximum atomic E-state index is 12.9. The van der Waals surface area contributed by atoms with E-state index in [2.05, 4.69) is 19.2 Å². The van der Waals surface area contributed by atoms with Crippen molar-refractivity contribution < 1.29 is 32.9 Å². The average Bonchev–Trinajstić information content (AvgIpc) is 3.29. The van der Waals surface area contributed by atoms with Gasteiger partial charge in [-0.25, -0.2) is 4.57 Å².